The summed E-state index contributed by atoms with van der Waals surface area (Å²) in [7, 11) is 5.12. The van der Waals surface area contributed by atoms with Crippen molar-refractivity contribution in [2.45, 2.75) is 25.7 Å². The molecule has 1 atom stereocenters. The number of aryl methyl sites for hydroxylation is 1. The van der Waals surface area contributed by atoms with Gasteiger partial charge in [-0.1, -0.05) is 19.1 Å². The quantitative estimate of drug-likeness (QED) is 0.399. The number of guanidine groups is 1. The van der Waals surface area contributed by atoms with Crippen LogP contribution in [0.1, 0.15) is 29.7 Å². The predicted molar refractivity (Wildman–Crippen MR) is 110 cm³/mol. The van der Waals surface area contributed by atoms with Crippen molar-refractivity contribution in [3.63, 3.8) is 0 Å². The van der Waals surface area contributed by atoms with Gasteiger partial charge in [0, 0.05) is 30.9 Å². The van der Waals surface area contributed by atoms with Crippen molar-refractivity contribution in [3.05, 3.63) is 46.2 Å². The van der Waals surface area contributed by atoms with Crippen molar-refractivity contribution in [1.29, 1.82) is 0 Å². The molecule has 0 fully saturated rings. The smallest absolute Gasteiger partial charge is 0.190 e. The molecular formula is C20H29N3O2S. The van der Waals surface area contributed by atoms with Crippen LogP contribution in [0.15, 0.2) is 40.7 Å². The first-order valence-electron chi connectivity index (χ1n) is 8.86. The van der Waals surface area contributed by atoms with E-state index in [1.807, 2.05) is 12.1 Å². The summed E-state index contributed by atoms with van der Waals surface area (Å²) in [6, 6.07) is 10.3. The molecule has 0 spiro atoms. The van der Waals surface area contributed by atoms with Crippen molar-refractivity contribution in [2.75, 3.05) is 34.4 Å². The Morgan fingerprint density at radius 2 is 1.96 bits per heavy atom. The molecule has 1 heterocycles. The van der Waals surface area contributed by atoms with E-state index in [4.69, 9.17) is 9.47 Å². The minimum absolute atomic E-state index is 0.473. The lowest BCUT2D eigenvalue weighted by Gasteiger charge is -2.15. The average Bonchev–Trinajstić information content (AvgIpc) is 3.21. The zero-order chi connectivity index (χ0) is 18.8. The maximum Gasteiger partial charge on any atom is 0.190 e. The lowest BCUT2D eigenvalue weighted by Crippen LogP contribution is -2.39. The molecule has 5 nitrogen and oxygen atoms in total. The Morgan fingerprint density at radius 1 is 1.15 bits per heavy atom. The Balaban J connectivity index is 1.72. The SMILES string of the molecule is CN=C(NCCCc1ccc(OC)c(OC)c1)NCC(C)c1cccs1. The minimum atomic E-state index is 0.473. The van der Waals surface area contributed by atoms with Crippen LogP contribution < -0.4 is 20.1 Å². The molecule has 2 N–H and O–H groups in total. The highest BCUT2D eigenvalue weighted by Gasteiger charge is 2.08. The zero-order valence-electron chi connectivity index (χ0n) is 16.0. The third kappa shape index (κ3) is 5.95. The van der Waals surface area contributed by atoms with E-state index in [1.165, 1.54) is 10.4 Å². The number of thiophene rings is 1. The van der Waals surface area contributed by atoms with E-state index in [9.17, 15) is 0 Å². The summed E-state index contributed by atoms with van der Waals surface area (Å²) in [4.78, 5) is 5.69. The van der Waals surface area contributed by atoms with Crippen LogP contribution in [0.2, 0.25) is 0 Å². The summed E-state index contributed by atoms with van der Waals surface area (Å²) in [6.45, 7) is 3.96. The van der Waals surface area contributed by atoms with Crippen LogP contribution in [0.4, 0.5) is 0 Å². The van der Waals surface area contributed by atoms with Gasteiger partial charge in [0.2, 0.25) is 0 Å². The summed E-state index contributed by atoms with van der Waals surface area (Å²) in [5, 5.41) is 8.89. The van der Waals surface area contributed by atoms with Gasteiger partial charge in [0.15, 0.2) is 17.5 Å². The number of nitrogens with one attached hydrogen (secondary N) is 2. The zero-order valence-corrected chi connectivity index (χ0v) is 16.9. The Hall–Kier alpha value is -2.21. The van der Waals surface area contributed by atoms with Crippen LogP contribution >= 0.6 is 11.3 Å². The van der Waals surface area contributed by atoms with Crippen LogP contribution in [0.5, 0.6) is 11.5 Å². The number of aliphatic imine (C=N–C) groups is 1. The highest BCUT2D eigenvalue weighted by Crippen LogP contribution is 2.27. The first-order chi connectivity index (χ1) is 12.7. The third-order valence-corrected chi connectivity index (χ3v) is 5.31. The van der Waals surface area contributed by atoms with Crippen molar-refractivity contribution in [2.24, 2.45) is 4.99 Å². The fourth-order valence-electron chi connectivity index (χ4n) is 2.68. The maximum absolute atomic E-state index is 5.35. The second-order valence-electron chi connectivity index (χ2n) is 6.09. The van der Waals surface area contributed by atoms with Gasteiger partial charge in [0.05, 0.1) is 14.2 Å². The number of rotatable bonds is 9. The summed E-state index contributed by atoms with van der Waals surface area (Å²) in [6.07, 6.45) is 1.98. The highest BCUT2D eigenvalue weighted by molar-refractivity contribution is 7.10. The van der Waals surface area contributed by atoms with Crippen LogP contribution in [-0.2, 0) is 6.42 Å². The van der Waals surface area contributed by atoms with E-state index in [2.05, 4.69) is 46.1 Å². The van der Waals surface area contributed by atoms with Gasteiger partial charge in [-0.15, -0.1) is 11.3 Å². The highest BCUT2D eigenvalue weighted by atomic mass is 32.1. The Labute approximate surface area is 160 Å². The molecule has 0 saturated heterocycles. The molecule has 0 radical (unpaired) electrons. The molecule has 1 aromatic carbocycles. The molecule has 142 valence electrons. The predicted octanol–water partition coefficient (Wildman–Crippen LogP) is 3.67. The fourth-order valence-corrected chi connectivity index (χ4v) is 3.47. The van der Waals surface area contributed by atoms with E-state index in [0.717, 1.165) is 43.4 Å². The number of hydrogen-bond donors (Lipinski definition) is 2. The van der Waals surface area contributed by atoms with Gasteiger partial charge >= 0.3 is 0 Å². The maximum atomic E-state index is 5.35. The number of methoxy groups -OCH3 is 2. The lowest BCUT2D eigenvalue weighted by molar-refractivity contribution is 0.354. The molecule has 0 saturated carbocycles. The van der Waals surface area contributed by atoms with Crippen molar-refractivity contribution in [3.8, 4) is 11.5 Å². The van der Waals surface area contributed by atoms with E-state index < -0.39 is 0 Å². The molecule has 1 aromatic heterocycles. The molecule has 2 aromatic rings. The van der Waals surface area contributed by atoms with Gasteiger partial charge in [-0.2, -0.15) is 0 Å². The largest absolute Gasteiger partial charge is 0.493 e. The lowest BCUT2D eigenvalue weighted by atomic mass is 10.1. The second-order valence-corrected chi connectivity index (χ2v) is 7.07. The van der Waals surface area contributed by atoms with Gasteiger partial charge in [-0.05, 0) is 42.0 Å². The number of nitrogens with zero attached hydrogens (tertiary/aromatic N) is 1. The standard InChI is InChI=1S/C20H29N3O2S/c1-15(19-8-6-12-26-19)14-23-20(21-2)22-11-5-7-16-9-10-17(24-3)18(13-16)25-4/h6,8-10,12-13,15H,5,7,11,14H2,1-4H3,(H2,21,22,23). The Bertz CT molecular complexity index is 686. The third-order valence-electron chi connectivity index (χ3n) is 4.21. The molecule has 26 heavy (non-hydrogen) atoms. The minimum Gasteiger partial charge on any atom is -0.493 e. The average molecular weight is 376 g/mol. The van der Waals surface area contributed by atoms with E-state index in [-0.39, 0.29) is 0 Å². The summed E-state index contributed by atoms with van der Waals surface area (Å²) < 4.78 is 10.6. The number of benzene rings is 1. The van der Waals surface area contributed by atoms with Gasteiger partial charge < -0.3 is 20.1 Å². The first-order valence-corrected chi connectivity index (χ1v) is 9.74. The summed E-state index contributed by atoms with van der Waals surface area (Å²) >= 11 is 1.80. The topological polar surface area (TPSA) is 54.9 Å². The van der Waals surface area contributed by atoms with Gasteiger partial charge in [0.25, 0.3) is 0 Å². The monoisotopic (exact) mass is 375 g/mol. The number of hydrogen-bond acceptors (Lipinski definition) is 4. The molecule has 0 aliphatic rings. The molecule has 1 unspecified atom stereocenters. The Morgan fingerprint density at radius 3 is 2.62 bits per heavy atom. The van der Waals surface area contributed by atoms with Crippen molar-refractivity contribution >= 4 is 17.3 Å². The molecule has 0 bridgehead atoms. The molecule has 2 rings (SSSR count). The molecule has 0 aliphatic carbocycles. The molecule has 6 heteroatoms. The fraction of sp³-hybridized carbons (Fsp3) is 0.450. The van der Waals surface area contributed by atoms with Gasteiger partial charge in [-0.3, -0.25) is 4.99 Å². The van der Waals surface area contributed by atoms with E-state index >= 15 is 0 Å². The van der Waals surface area contributed by atoms with Crippen LogP contribution in [0, 0.1) is 0 Å². The summed E-state index contributed by atoms with van der Waals surface area (Å²) in [5.74, 6) is 2.86. The second kappa shape index (κ2) is 10.7. The Kier molecular flexibility index (Phi) is 8.28. The van der Waals surface area contributed by atoms with Gasteiger partial charge in [-0.25, -0.2) is 0 Å². The molecular weight excluding hydrogens is 346 g/mol. The van der Waals surface area contributed by atoms with Crippen molar-refractivity contribution in [1.82, 2.24) is 10.6 Å². The van der Waals surface area contributed by atoms with Crippen LogP contribution in [-0.4, -0.2) is 40.3 Å². The van der Waals surface area contributed by atoms with Gasteiger partial charge in [0.1, 0.15) is 0 Å². The normalized spacial score (nSPS) is 12.5. The van der Waals surface area contributed by atoms with E-state index in [0.29, 0.717) is 5.92 Å². The van der Waals surface area contributed by atoms with E-state index in [1.54, 1.807) is 32.6 Å². The van der Waals surface area contributed by atoms with Crippen molar-refractivity contribution < 1.29 is 9.47 Å². The number of ether oxygens (including phenoxy) is 2. The first kappa shape index (κ1) is 20.1. The molecule has 0 aliphatic heterocycles. The summed E-state index contributed by atoms with van der Waals surface area (Å²) in [5.41, 5.74) is 1.23. The molecule has 0 amide bonds. The van der Waals surface area contributed by atoms with Crippen LogP contribution in [0.3, 0.4) is 0 Å². The van der Waals surface area contributed by atoms with Crippen LogP contribution in [0.25, 0.3) is 0 Å².